The molecule has 2 heterocycles. The summed E-state index contributed by atoms with van der Waals surface area (Å²) < 4.78 is 0. The minimum absolute atomic E-state index is 0.00956. The van der Waals surface area contributed by atoms with E-state index < -0.39 is 0 Å². The summed E-state index contributed by atoms with van der Waals surface area (Å²) >= 11 is 0. The average Bonchev–Trinajstić information content (AvgIpc) is 2.69. The third-order valence-electron chi connectivity index (χ3n) is 3.22. The van der Waals surface area contributed by atoms with Gasteiger partial charge in [0, 0.05) is 11.6 Å². The van der Waals surface area contributed by atoms with Crippen molar-refractivity contribution < 1.29 is 9.59 Å². The van der Waals surface area contributed by atoms with Crippen molar-refractivity contribution in [3.8, 4) is 0 Å². The molecule has 1 aliphatic rings. The van der Waals surface area contributed by atoms with Gasteiger partial charge in [-0.1, -0.05) is 6.07 Å². The Morgan fingerprint density at radius 3 is 2.78 bits per heavy atom. The normalized spacial score (nSPS) is 15.7. The van der Waals surface area contributed by atoms with Crippen molar-refractivity contribution in [2.75, 3.05) is 11.4 Å². The Morgan fingerprint density at radius 2 is 2.06 bits per heavy atom. The molecule has 0 aliphatic carbocycles. The van der Waals surface area contributed by atoms with Gasteiger partial charge >= 0.3 is 0 Å². The number of benzene rings is 1. The predicted octanol–water partition coefficient (Wildman–Crippen LogP) is 1.85. The molecule has 4 nitrogen and oxygen atoms in total. The highest BCUT2D eigenvalue weighted by Gasteiger charge is 2.29. The van der Waals surface area contributed by atoms with Crippen LogP contribution >= 0.6 is 0 Å². The molecular weight excluding hydrogens is 228 g/mol. The number of rotatable bonds is 1. The van der Waals surface area contributed by atoms with Crippen LogP contribution in [0, 0.1) is 6.92 Å². The minimum atomic E-state index is -0.131. The Hall–Kier alpha value is -2.23. The number of aromatic nitrogens is 1. The van der Waals surface area contributed by atoms with Crippen LogP contribution in [0.2, 0.25) is 0 Å². The molecule has 3 rings (SSSR count). The van der Waals surface area contributed by atoms with Crippen molar-refractivity contribution in [3.05, 3.63) is 36.0 Å². The van der Waals surface area contributed by atoms with Gasteiger partial charge in [-0.05, 0) is 30.7 Å². The van der Waals surface area contributed by atoms with Crippen LogP contribution in [0.3, 0.4) is 0 Å². The molecular formula is C14H12N2O2. The number of hydrogen-bond acceptors (Lipinski definition) is 3. The molecule has 0 N–H and O–H groups in total. The summed E-state index contributed by atoms with van der Waals surface area (Å²) in [7, 11) is 0. The van der Waals surface area contributed by atoms with Crippen molar-refractivity contribution in [2.24, 2.45) is 0 Å². The fourth-order valence-electron chi connectivity index (χ4n) is 2.34. The van der Waals surface area contributed by atoms with Gasteiger partial charge < -0.3 is 4.90 Å². The van der Waals surface area contributed by atoms with Gasteiger partial charge in [0.05, 0.1) is 24.2 Å². The lowest BCUT2D eigenvalue weighted by atomic mass is 10.1. The SMILES string of the molecule is Cc1ccc(N2CC(=O)CC2=O)c2cccnc12. The number of carbonyl (C=O) groups excluding carboxylic acids is 2. The fourth-order valence-corrected chi connectivity index (χ4v) is 2.34. The zero-order valence-corrected chi connectivity index (χ0v) is 10.0. The van der Waals surface area contributed by atoms with Gasteiger partial charge in [-0.25, -0.2) is 0 Å². The molecule has 1 aromatic carbocycles. The van der Waals surface area contributed by atoms with Crippen molar-refractivity contribution in [2.45, 2.75) is 13.3 Å². The Balaban J connectivity index is 2.21. The second-order valence-corrected chi connectivity index (χ2v) is 4.50. The van der Waals surface area contributed by atoms with E-state index in [0.29, 0.717) is 0 Å². The molecule has 0 bridgehead atoms. The first-order valence-corrected chi connectivity index (χ1v) is 5.83. The highest BCUT2D eigenvalue weighted by atomic mass is 16.2. The second-order valence-electron chi connectivity index (χ2n) is 4.50. The third-order valence-corrected chi connectivity index (χ3v) is 3.22. The molecule has 0 atom stereocenters. The van der Waals surface area contributed by atoms with Gasteiger partial charge in [-0.15, -0.1) is 0 Å². The van der Waals surface area contributed by atoms with Gasteiger partial charge in [0.15, 0.2) is 5.78 Å². The van der Waals surface area contributed by atoms with E-state index in [2.05, 4.69) is 4.98 Å². The number of aryl methyl sites for hydroxylation is 1. The van der Waals surface area contributed by atoms with Crippen LogP contribution in [-0.4, -0.2) is 23.2 Å². The minimum Gasteiger partial charge on any atom is -0.304 e. The number of pyridine rings is 1. The Labute approximate surface area is 104 Å². The number of amides is 1. The van der Waals surface area contributed by atoms with E-state index in [0.717, 1.165) is 22.2 Å². The van der Waals surface area contributed by atoms with E-state index in [9.17, 15) is 9.59 Å². The fraction of sp³-hybridized carbons (Fsp3) is 0.214. The van der Waals surface area contributed by atoms with Crippen LogP contribution in [0.25, 0.3) is 10.9 Å². The van der Waals surface area contributed by atoms with Crippen LogP contribution in [0.15, 0.2) is 30.5 Å². The molecule has 0 radical (unpaired) electrons. The molecule has 90 valence electrons. The van der Waals surface area contributed by atoms with Crippen molar-refractivity contribution in [1.82, 2.24) is 4.98 Å². The maximum Gasteiger partial charge on any atom is 0.234 e. The van der Waals surface area contributed by atoms with Crippen LogP contribution < -0.4 is 4.90 Å². The molecule has 0 saturated carbocycles. The molecule has 1 amide bonds. The summed E-state index contributed by atoms with van der Waals surface area (Å²) in [4.78, 5) is 29.0. The lowest BCUT2D eigenvalue weighted by Gasteiger charge is -2.17. The summed E-state index contributed by atoms with van der Waals surface area (Å²) in [6.45, 7) is 2.15. The molecule has 2 aromatic rings. The monoisotopic (exact) mass is 240 g/mol. The quantitative estimate of drug-likeness (QED) is 0.715. The van der Waals surface area contributed by atoms with Crippen LogP contribution in [-0.2, 0) is 9.59 Å². The third kappa shape index (κ3) is 1.57. The first kappa shape index (κ1) is 10.9. The van der Waals surface area contributed by atoms with Gasteiger partial charge in [0.25, 0.3) is 0 Å². The molecule has 0 unspecified atom stereocenters. The van der Waals surface area contributed by atoms with E-state index in [1.807, 2.05) is 31.2 Å². The molecule has 0 spiro atoms. The highest BCUT2D eigenvalue weighted by Crippen LogP contribution is 2.29. The molecule has 4 heteroatoms. The number of anilines is 1. The first-order valence-electron chi connectivity index (χ1n) is 5.83. The van der Waals surface area contributed by atoms with Gasteiger partial charge in [-0.3, -0.25) is 14.6 Å². The maximum atomic E-state index is 11.8. The summed E-state index contributed by atoms with van der Waals surface area (Å²) in [6, 6.07) is 7.59. The topological polar surface area (TPSA) is 50.3 Å². The zero-order chi connectivity index (χ0) is 12.7. The lowest BCUT2D eigenvalue weighted by Crippen LogP contribution is -2.24. The smallest absolute Gasteiger partial charge is 0.234 e. The number of Topliss-reactive ketones (excluding diaryl/α,β-unsaturated/α-hetero) is 1. The number of fused-ring (bicyclic) bond motifs is 1. The summed E-state index contributed by atoms with van der Waals surface area (Å²) in [5, 5.41) is 0.917. The Bertz CT molecular complexity index is 664. The van der Waals surface area contributed by atoms with E-state index in [1.165, 1.54) is 0 Å². The van der Waals surface area contributed by atoms with Gasteiger partial charge in [0.1, 0.15) is 0 Å². The van der Waals surface area contributed by atoms with Crippen molar-refractivity contribution in [3.63, 3.8) is 0 Å². The molecule has 1 fully saturated rings. The Kier molecular flexibility index (Phi) is 2.37. The first-order chi connectivity index (χ1) is 8.66. The number of carbonyl (C=O) groups is 2. The van der Waals surface area contributed by atoms with E-state index >= 15 is 0 Å². The van der Waals surface area contributed by atoms with Crippen molar-refractivity contribution >= 4 is 28.3 Å². The summed E-state index contributed by atoms with van der Waals surface area (Å²) in [5.41, 5.74) is 2.72. The number of ketones is 1. The standard InChI is InChI=1S/C14H12N2O2/c1-9-4-5-12(11-3-2-6-15-14(9)11)16-8-10(17)7-13(16)18/h2-6H,7-8H2,1H3. The Morgan fingerprint density at radius 1 is 1.22 bits per heavy atom. The van der Waals surface area contributed by atoms with E-state index in [-0.39, 0.29) is 24.7 Å². The largest absolute Gasteiger partial charge is 0.304 e. The molecule has 1 saturated heterocycles. The highest BCUT2D eigenvalue weighted by molar-refractivity contribution is 6.17. The summed E-state index contributed by atoms with van der Waals surface area (Å²) in [6.07, 6.45) is 1.74. The molecule has 1 aromatic heterocycles. The summed E-state index contributed by atoms with van der Waals surface area (Å²) in [5.74, 6) is -0.161. The van der Waals surface area contributed by atoms with Crippen LogP contribution in [0.1, 0.15) is 12.0 Å². The number of nitrogens with zero attached hydrogens (tertiary/aromatic N) is 2. The second kappa shape index (κ2) is 3.91. The van der Waals surface area contributed by atoms with Crippen LogP contribution in [0.4, 0.5) is 5.69 Å². The zero-order valence-electron chi connectivity index (χ0n) is 10.0. The van der Waals surface area contributed by atoms with Gasteiger partial charge in [0.2, 0.25) is 5.91 Å². The molecule has 1 aliphatic heterocycles. The maximum absolute atomic E-state index is 11.8. The predicted molar refractivity (Wildman–Crippen MR) is 68.5 cm³/mol. The van der Waals surface area contributed by atoms with Crippen molar-refractivity contribution in [1.29, 1.82) is 0 Å². The average molecular weight is 240 g/mol. The molecule has 18 heavy (non-hydrogen) atoms. The van der Waals surface area contributed by atoms with Gasteiger partial charge in [-0.2, -0.15) is 0 Å². The van der Waals surface area contributed by atoms with Crippen LogP contribution in [0.5, 0.6) is 0 Å². The lowest BCUT2D eigenvalue weighted by molar-refractivity contribution is -0.121. The number of hydrogen-bond donors (Lipinski definition) is 0. The van der Waals surface area contributed by atoms with E-state index in [4.69, 9.17) is 0 Å². The van der Waals surface area contributed by atoms with E-state index in [1.54, 1.807) is 11.1 Å².